The Morgan fingerprint density at radius 1 is 1.29 bits per heavy atom. The van der Waals surface area contributed by atoms with Gasteiger partial charge in [0.2, 0.25) is 5.91 Å². The summed E-state index contributed by atoms with van der Waals surface area (Å²) in [5, 5.41) is 4.20. The van der Waals surface area contributed by atoms with Crippen molar-refractivity contribution in [3.05, 3.63) is 34.9 Å². The predicted octanol–water partition coefficient (Wildman–Crippen LogP) is 1.96. The Morgan fingerprint density at radius 3 is 2.83 bits per heavy atom. The number of amides is 1. The summed E-state index contributed by atoms with van der Waals surface area (Å²) in [7, 11) is 0. The van der Waals surface area contributed by atoms with Gasteiger partial charge in [-0.2, -0.15) is 0 Å². The van der Waals surface area contributed by atoms with Gasteiger partial charge in [-0.15, -0.1) is 12.4 Å². The molecule has 134 valence electrons. The number of hydrogen-bond acceptors (Lipinski definition) is 4. The van der Waals surface area contributed by atoms with E-state index in [-0.39, 0.29) is 24.4 Å². The van der Waals surface area contributed by atoms with Crippen molar-refractivity contribution < 1.29 is 9.53 Å². The van der Waals surface area contributed by atoms with Crippen molar-refractivity contribution in [3.8, 4) is 0 Å². The number of nitrogens with zero attached hydrogens (tertiary/aromatic N) is 2. The molecule has 5 nitrogen and oxygen atoms in total. The van der Waals surface area contributed by atoms with Gasteiger partial charge in [-0.05, 0) is 17.7 Å². The molecule has 2 aliphatic heterocycles. The van der Waals surface area contributed by atoms with Gasteiger partial charge in [0.15, 0.2) is 0 Å². The number of ether oxygens (including phenoxy) is 1. The van der Waals surface area contributed by atoms with Crippen LogP contribution in [0.5, 0.6) is 0 Å². The molecule has 1 amide bonds. The monoisotopic (exact) mass is 373 g/mol. The molecule has 3 rings (SSSR count). The van der Waals surface area contributed by atoms with Crippen LogP contribution in [0, 0.1) is 0 Å². The molecule has 1 N–H and O–H groups in total. The number of rotatable bonds is 4. The Labute approximate surface area is 154 Å². The Kier molecular flexibility index (Phi) is 7.78. The first-order valence-electron chi connectivity index (χ1n) is 8.30. The largest absolute Gasteiger partial charge is 0.378 e. The summed E-state index contributed by atoms with van der Waals surface area (Å²) in [5.74, 6) is 0.233. The highest BCUT2D eigenvalue weighted by Gasteiger charge is 2.25. The Morgan fingerprint density at radius 2 is 2.08 bits per heavy atom. The fourth-order valence-electron chi connectivity index (χ4n) is 3.27. The van der Waals surface area contributed by atoms with Crippen molar-refractivity contribution in [2.24, 2.45) is 0 Å². The molecule has 0 spiro atoms. The molecule has 7 heteroatoms. The predicted molar refractivity (Wildman–Crippen MR) is 97.9 cm³/mol. The maximum atomic E-state index is 12.3. The molecule has 2 aliphatic rings. The third-order valence-electron chi connectivity index (χ3n) is 4.56. The van der Waals surface area contributed by atoms with E-state index in [1.54, 1.807) is 0 Å². The van der Waals surface area contributed by atoms with E-state index in [4.69, 9.17) is 16.3 Å². The molecule has 0 aromatic heterocycles. The van der Waals surface area contributed by atoms with Crippen molar-refractivity contribution in [3.63, 3.8) is 0 Å². The van der Waals surface area contributed by atoms with E-state index in [2.05, 4.69) is 16.3 Å². The quantitative estimate of drug-likeness (QED) is 0.875. The number of benzene rings is 1. The highest BCUT2D eigenvalue weighted by atomic mass is 35.5. The second-order valence-electron chi connectivity index (χ2n) is 6.05. The number of nitrogens with one attached hydrogen (secondary N) is 1. The van der Waals surface area contributed by atoms with Gasteiger partial charge in [-0.3, -0.25) is 9.69 Å². The lowest BCUT2D eigenvalue weighted by atomic mass is 10.0. The first kappa shape index (κ1) is 19.5. The summed E-state index contributed by atoms with van der Waals surface area (Å²) in [6.45, 7) is 6.35. The van der Waals surface area contributed by atoms with Crippen molar-refractivity contribution in [2.45, 2.75) is 12.5 Å². The van der Waals surface area contributed by atoms with Crippen molar-refractivity contribution in [2.75, 3.05) is 52.5 Å². The summed E-state index contributed by atoms with van der Waals surface area (Å²) < 4.78 is 5.31. The molecule has 1 aromatic carbocycles. The molecular weight excluding hydrogens is 349 g/mol. The minimum absolute atomic E-state index is 0. The van der Waals surface area contributed by atoms with E-state index in [9.17, 15) is 4.79 Å². The number of piperazine rings is 1. The van der Waals surface area contributed by atoms with Gasteiger partial charge < -0.3 is 15.0 Å². The van der Waals surface area contributed by atoms with Gasteiger partial charge in [0.25, 0.3) is 0 Å². The van der Waals surface area contributed by atoms with E-state index >= 15 is 0 Å². The fraction of sp³-hybridized carbons (Fsp3) is 0.588. The summed E-state index contributed by atoms with van der Waals surface area (Å²) in [4.78, 5) is 16.7. The van der Waals surface area contributed by atoms with E-state index in [0.717, 1.165) is 44.3 Å². The van der Waals surface area contributed by atoms with Crippen LogP contribution in [0.2, 0.25) is 5.02 Å². The van der Waals surface area contributed by atoms with E-state index in [0.29, 0.717) is 19.6 Å². The topological polar surface area (TPSA) is 44.8 Å². The Balaban J connectivity index is 0.00000208. The van der Waals surface area contributed by atoms with E-state index < -0.39 is 0 Å². The van der Waals surface area contributed by atoms with Gasteiger partial charge in [-0.1, -0.05) is 23.7 Å². The fourth-order valence-corrected chi connectivity index (χ4v) is 3.47. The Hall–Kier alpha value is -0.850. The number of carbonyl (C=O) groups is 1. The summed E-state index contributed by atoms with van der Waals surface area (Å²) in [5.41, 5.74) is 1.21. The van der Waals surface area contributed by atoms with Crippen LogP contribution in [-0.4, -0.2) is 68.2 Å². The second kappa shape index (κ2) is 9.59. The third-order valence-corrected chi connectivity index (χ3v) is 4.80. The van der Waals surface area contributed by atoms with Crippen LogP contribution in [0.3, 0.4) is 0 Å². The van der Waals surface area contributed by atoms with Crippen LogP contribution in [0.1, 0.15) is 18.0 Å². The van der Waals surface area contributed by atoms with Crippen LogP contribution in [0.15, 0.2) is 24.3 Å². The standard InChI is InChI=1S/C17H24ClN3O2.ClH/c18-15-3-1-2-14(12-15)16-13-19-5-7-20(16)6-4-17(22)21-8-10-23-11-9-21;/h1-3,12,16,19H,4-11,13H2;1H. The normalized spacial score (nSPS) is 22.0. The second-order valence-corrected chi connectivity index (χ2v) is 6.49. The van der Waals surface area contributed by atoms with Crippen LogP contribution in [-0.2, 0) is 9.53 Å². The number of hydrogen-bond donors (Lipinski definition) is 1. The average molecular weight is 374 g/mol. The smallest absolute Gasteiger partial charge is 0.224 e. The molecule has 0 aliphatic carbocycles. The molecule has 1 unspecified atom stereocenters. The summed E-state index contributed by atoms with van der Waals surface area (Å²) >= 11 is 6.13. The molecule has 24 heavy (non-hydrogen) atoms. The van der Waals surface area contributed by atoms with E-state index in [1.807, 2.05) is 23.1 Å². The molecular formula is C17H25Cl2N3O2. The van der Waals surface area contributed by atoms with Gasteiger partial charge in [0.05, 0.1) is 13.2 Å². The van der Waals surface area contributed by atoms with Crippen molar-refractivity contribution >= 4 is 29.9 Å². The molecule has 2 heterocycles. The number of carbonyl (C=O) groups excluding carboxylic acids is 1. The van der Waals surface area contributed by atoms with Gasteiger partial charge in [0.1, 0.15) is 0 Å². The highest BCUT2D eigenvalue weighted by Crippen LogP contribution is 2.24. The minimum atomic E-state index is 0. The number of morpholine rings is 1. The van der Waals surface area contributed by atoms with Crippen LogP contribution >= 0.6 is 24.0 Å². The first-order chi connectivity index (χ1) is 11.2. The van der Waals surface area contributed by atoms with Crippen molar-refractivity contribution in [1.82, 2.24) is 15.1 Å². The highest BCUT2D eigenvalue weighted by molar-refractivity contribution is 6.30. The van der Waals surface area contributed by atoms with E-state index in [1.165, 1.54) is 5.56 Å². The molecule has 1 atom stereocenters. The summed E-state index contributed by atoms with van der Waals surface area (Å²) in [6.07, 6.45) is 0.567. The average Bonchev–Trinajstić information content (AvgIpc) is 2.60. The first-order valence-corrected chi connectivity index (χ1v) is 8.67. The molecule has 2 saturated heterocycles. The summed E-state index contributed by atoms with van der Waals surface area (Å²) in [6, 6.07) is 8.30. The molecule has 0 saturated carbocycles. The lowest BCUT2D eigenvalue weighted by molar-refractivity contribution is -0.135. The zero-order valence-electron chi connectivity index (χ0n) is 13.7. The molecule has 0 bridgehead atoms. The Bertz CT molecular complexity index is 538. The van der Waals surface area contributed by atoms with Gasteiger partial charge in [0, 0.05) is 56.8 Å². The SMILES string of the molecule is Cl.O=C(CCN1CCNCC1c1cccc(Cl)c1)N1CCOCC1. The zero-order chi connectivity index (χ0) is 16.1. The zero-order valence-corrected chi connectivity index (χ0v) is 15.3. The molecule has 1 aromatic rings. The van der Waals surface area contributed by atoms with Gasteiger partial charge >= 0.3 is 0 Å². The van der Waals surface area contributed by atoms with Gasteiger partial charge in [-0.25, -0.2) is 0 Å². The van der Waals surface area contributed by atoms with Crippen LogP contribution in [0.4, 0.5) is 0 Å². The third kappa shape index (κ3) is 5.07. The maximum absolute atomic E-state index is 12.3. The molecule has 0 radical (unpaired) electrons. The maximum Gasteiger partial charge on any atom is 0.224 e. The number of halogens is 2. The van der Waals surface area contributed by atoms with Crippen LogP contribution < -0.4 is 5.32 Å². The van der Waals surface area contributed by atoms with Crippen LogP contribution in [0.25, 0.3) is 0 Å². The minimum Gasteiger partial charge on any atom is -0.378 e. The molecule has 2 fully saturated rings. The van der Waals surface area contributed by atoms with Crippen molar-refractivity contribution in [1.29, 1.82) is 0 Å². The lowest BCUT2D eigenvalue weighted by Gasteiger charge is -2.37. The lowest BCUT2D eigenvalue weighted by Crippen LogP contribution is -2.48.